The van der Waals surface area contributed by atoms with E-state index in [0.29, 0.717) is 11.6 Å². The van der Waals surface area contributed by atoms with E-state index in [0.717, 1.165) is 35.0 Å². The fourth-order valence-corrected chi connectivity index (χ4v) is 3.81. The van der Waals surface area contributed by atoms with Crippen LogP contribution in [0.1, 0.15) is 40.1 Å². The monoisotopic (exact) mass is 433 g/mol. The van der Waals surface area contributed by atoms with Crippen LogP contribution in [-0.4, -0.2) is 18.5 Å². The Kier molecular flexibility index (Phi) is 6.56. The quantitative estimate of drug-likeness (QED) is 0.393. The molecule has 0 bridgehead atoms. The van der Waals surface area contributed by atoms with Gasteiger partial charge in [0.15, 0.2) is 17.5 Å². The third-order valence-corrected chi connectivity index (χ3v) is 5.35. The second-order valence-electron chi connectivity index (χ2n) is 6.30. The van der Waals surface area contributed by atoms with E-state index in [1.54, 1.807) is 12.3 Å². The van der Waals surface area contributed by atoms with E-state index in [2.05, 4.69) is 5.32 Å². The minimum absolute atomic E-state index is 0.113. The highest BCUT2D eigenvalue weighted by molar-refractivity contribution is 7.15. The number of hydrogen-bond acceptors (Lipinski definition) is 4. The normalized spacial score (nSPS) is 10.7. The summed E-state index contributed by atoms with van der Waals surface area (Å²) in [6, 6.07) is 9.06. The summed E-state index contributed by atoms with van der Waals surface area (Å²) >= 11 is 1.05. The molecule has 0 aliphatic heterocycles. The van der Waals surface area contributed by atoms with Gasteiger partial charge in [-0.1, -0.05) is 31.2 Å². The van der Waals surface area contributed by atoms with E-state index in [4.69, 9.17) is 4.74 Å². The van der Waals surface area contributed by atoms with Crippen LogP contribution in [0, 0.1) is 17.5 Å². The summed E-state index contributed by atoms with van der Waals surface area (Å²) in [6.07, 6.45) is 0.857. The molecule has 0 fully saturated rings. The van der Waals surface area contributed by atoms with Gasteiger partial charge in [0.25, 0.3) is 5.91 Å². The summed E-state index contributed by atoms with van der Waals surface area (Å²) < 4.78 is 45.7. The lowest BCUT2D eigenvalue weighted by atomic mass is 10.0. The molecule has 2 aromatic carbocycles. The van der Waals surface area contributed by atoms with Crippen molar-refractivity contribution in [3.8, 4) is 11.1 Å². The van der Waals surface area contributed by atoms with E-state index in [1.807, 2.05) is 31.2 Å². The predicted octanol–water partition coefficient (Wildman–Crippen LogP) is 5.82. The molecule has 0 aliphatic carbocycles. The van der Waals surface area contributed by atoms with Crippen molar-refractivity contribution in [1.29, 1.82) is 0 Å². The third-order valence-electron chi connectivity index (χ3n) is 4.45. The van der Waals surface area contributed by atoms with Crippen molar-refractivity contribution in [2.75, 3.05) is 11.9 Å². The summed E-state index contributed by atoms with van der Waals surface area (Å²) in [5.41, 5.74) is 1.84. The summed E-state index contributed by atoms with van der Waals surface area (Å²) in [6.45, 7) is 3.79. The Hall–Kier alpha value is -3.13. The SMILES string of the molecule is CCOC(=O)c1c(-c2ccc(CC)cc2)csc1NC(=O)c1ccc(F)c(F)c1F. The average molecular weight is 433 g/mol. The molecule has 1 amide bonds. The van der Waals surface area contributed by atoms with Crippen molar-refractivity contribution >= 4 is 28.2 Å². The Balaban J connectivity index is 2.00. The molecule has 3 rings (SSSR count). The molecule has 1 heterocycles. The second-order valence-corrected chi connectivity index (χ2v) is 7.18. The van der Waals surface area contributed by atoms with Crippen LogP contribution < -0.4 is 5.32 Å². The van der Waals surface area contributed by atoms with Crippen LogP contribution in [0.3, 0.4) is 0 Å². The van der Waals surface area contributed by atoms with Gasteiger partial charge in [-0.3, -0.25) is 4.79 Å². The molecule has 3 aromatic rings. The minimum atomic E-state index is -1.74. The number of benzene rings is 2. The van der Waals surface area contributed by atoms with Crippen LogP contribution >= 0.6 is 11.3 Å². The van der Waals surface area contributed by atoms with Crippen LogP contribution in [0.25, 0.3) is 11.1 Å². The molecule has 0 spiro atoms. The number of rotatable bonds is 6. The zero-order valence-electron chi connectivity index (χ0n) is 16.2. The number of anilines is 1. The maximum atomic E-state index is 14.0. The summed E-state index contributed by atoms with van der Waals surface area (Å²) in [7, 11) is 0. The van der Waals surface area contributed by atoms with Crippen LogP contribution in [0.15, 0.2) is 41.8 Å². The predicted molar refractivity (Wildman–Crippen MR) is 109 cm³/mol. The molecule has 0 radical (unpaired) electrons. The standard InChI is InChI=1S/C22H18F3NO3S/c1-3-12-5-7-13(8-6-12)15-11-30-21(17(15)22(28)29-4-2)26-20(27)14-9-10-16(23)19(25)18(14)24/h5-11H,3-4H2,1-2H3,(H,26,27). The number of amides is 1. The van der Waals surface area contributed by atoms with Crippen molar-refractivity contribution in [1.82, 2.24) is 0 Å². The molecule has 0 aliphatic rings. The zero-order chi connectivity index (χ0) is 21.8. The highest BCUT2D eigenvalue weighted by atomic mass is 32.1. The molecule has 0 saturated heterocycles. The summed E-state index contributed by atoms with van der Waals surface area (Å²) in [5, 5.41) is 4.21. The van der Waals surface area contributed by atoms with Gasteiger partial charge in [0.2, 0.25) is 0 Å². The van der Waals surface area contributed by atoms with Crippen molar-refractivity contribution in [3.05, 3.63) is 75.9 Å². The van der Waals surface area contributed by atoms with E-state index < -0.39 is 34.9 Å². The maximum Gasteiger partial charge on any atom is 0.341 e. The molecule has 0 saturated carbocycles. The Morgan fingerprint density at radius 2 is 1.70 bits per heavy atom. The smallest absolute Gasteiger partial charge is 0.341 e. The summed E-state index contributed by atoms with van der Waals surface area (Å²) in [5.74, 6) is -6.40. The molecule has 30 heavy (non-hydrogen) atoms. The molecular weight excluding hydrogens is 415 g/mol. The van der Waals surface area contributed by atoms with Gasteiger partial charge in [-0.2, -0.15) is 0 Å². The first kappa shape index (κ1) is 21.6. The highest BCUT2D eigenvalue weighted by Gasteiger charge is 2.25. The summed E-state index contributed by atoms with van der Waals surface area (Å²) in [4.78, 5) is 25.1. The van der Waals surface area contributed by atoms with E-state index in [1.165, 1.54) is 0 Å². The Bertz CT molecular complexity index is 1090. The maximum absolute atomic E-state index is 14.0. The number of hydrogen-bond donors (Lipinski definition) is 1. The second kappa shape index (κ2) is 9.13. The first-order valence-electron chi connectivity index (χ1n) is 9.20. The van der Waals surface area contributed by atoms with Crippen LogP contribution in [-0.2, 0) is 11.2 Å². The van der Waals surface area contributed by atoms with Crippen molar-refractivity contribution in [2.45, 2.75) is 20.3 Å². The Morgan fingerprint density at radius 1 is 1.00 bits per heavy atom. The van der Waals surface area contributed by atoms with Crippen LogP contribution in [0.5, 0.6) is 0 Å². The van der Waals surface area contributed by atoms with Gasteiger partial charge in [0.1, 0.15) is 10.6 Å². The minimum Gasteiger partial charge on any atom is -0.462 e. The first-order valence-corrected chi connectivity index (χ1v) is 10.1. The van der Waals surface area contributed by atoms with Crippen molar-refractivity contribution < 1.29 is 27.5 Å². The molecule has 1 N–H and O–H groups in total. The van der Waals surface area contributed by atoms with Gasteiger partial charge < -0.3 is 10.1 Å². The van der Waals surface area contributed by atoms with Gasteiger partial charge in [-0.05, 0) is 36.6 Å². The van der Waals surface area contributed by atoms with Gasteiger partial charge in [-0.25, -0.2) is 18.0 Å². The van der Waals surface area contributed by atoms with Crippen molar-refractivity contribution in [3.63, 3.8) is 0 Å². The molecule has 156 valence electrons. The molecule has 4 nitrogen and oxygen atoms in total. The third kappa shape index (κ3) is 4.23. The Morgan fingerprint density at radius 3 is 2.33 bits per heavy atom. The van der Waals surface area contributed by atoms with Gasteiger partial charge in [-0.15, -0.1) is 11.3 Å². The van der Waals surface area contributed by atoms with Crippen LogP contribution in [0.4, 0.5) is 18.2 Å². The van der Waals surface area contributed by atoms with Crippen LogP contribution in [0.2, 0.25) is 0 Å². The molecule has 8 heteroatoms. The van der Waals surface area contributed by atoms with E-state index >= 15 is 0 Å². The van der Waals surface area contributed by atoms with Gasteiger partial charge >= 0.3 is 5.97 Å². The number of ether oxygens (including phenoxy) is 1. The number of esters is 1. The highest BCUT2D eigenvalue weighted by Crippen LogP contribution is 2.37. The number of halogens is 3. The number of thiophene rings is 1. The number of aryl methyl sites for hydroxylation is 1. The lowest BCUT2D eigenvalue weighted by molar-refractivity contribution is 0.0529. The topological polar surface area (TPSA) is 55.4 Å². The fraction of sp³-hybridized carbons (Fsp3) is 0.182. The van der Waals surface area contributed by atoms with Gasteiger partial charge in [0, 0.05) is 10.9 Å². The van der Waals surface area contributed by atoms with Crippen molar-refractivity contribution in [2.24, 2.45) is 0 Å². The number of carbonyl (C=O) groups is 2. The Labute approximate surface area is 175 Å². The number of nitrogens with one attached hydrogen (secondary N) is 1. The van der Waals surface area contributed by atoms with Gasteiger partial charge in [0.05, 0.1) is 12.2 Å². The fourth-order valence-electron chi connectivity index (χ4n) is 2.86. The molecule has 0 atom stereocenters. The number of carbonyl (C=O) groups excluding carboxylic acids is 2. The molecular formula is C22H18F3NO3S. The average Bonchev–Trinajstić information content (AvgIpc) is 3.15. The van der Waals surface area contributed by atoms with E-state index in [-0.39, 0.29) is 17.2 Å². The molecule has 0 unspecified atom stereocenters. The first-order chi connectivity index (χ1) is 14.4. The zero-order valence-corrected chi connectivity index (χ0v) is 17.0. The molecule has 1 aromatic heterocycles. The lowest BCUT2D eigenvalue weighted by Gasteiger charge is -2.10. The largest absolute Gasteiger partial charge is 0.462 e. The lowest BCUT2D eigenvalue weighted by Crippen LogP contribution is -2.17. The van der Waals surface area contributed by atoms with E-state index in [9.17, 15) is 22.8 Å².